The van der Waals surface area contributed by atoms with Gasteiger partial charge in [-0.25, -0.2) is 9.67 Å². The molecular formula is C15H12N6O3S. The summed E-state index contributed by atoms with van der Waals surface area (Å²) in [4.78, 5) is 28.5. The number of para-hydroxylation sites is 1. The Bertz CT molecular complexity index is 1230. The second-order valence-electron chi connectivity index (χ2n) is 5.36. The minimum atomic E-state index is -1.47. The van der Waals surface area contributed by atoms with Gasteiger partial charge in [0.15, 0.2) is 5.65 Å². The van der Waals surface area contributed by atoms with Crippen molar-refractivity contribution in [3.8, 4) is 5.69 Å². The van der Waals surface area contributed by atoms with Gasteiger partial charge in [-0.1, -0.05) is 18.2 Å². The van der Waals surface area contributed by atoms with Crippen LogP contribution in [0, 0.1) is 0 Å². The number of pyridine rings is 1. The van der Waals surface area contributed by atoms with Gasteiger partial charge >= 0.3 is 0 Å². The smallest absolute Gasteiger partial charge is 0.289 e. The Balaban J connectivity index is 2.26. The lowest BCUT2D eigenvalue weighted by Gasteiger charge is -2.05. The first kappa shape index (κ1) is 15.4. The maximum absolute atomic E-state index is 12.1. The topological polar surface area (TPSA) is 146 Å². The highest BCUT2D eigenvalue weighted by Gasteiger charge is 2.26. The van der Waals surface area contributed by atoms with E-state index in [0.717, 1.165) is 0 Å². The lowest BCUT2D eigenvalue weighted by atomic mass is 10.2. The standard InChI is InChI=1S/C15H12N6O3S/c1-25(24)15-9-10(16)8-11(14(23)19-18-13(8)22)17-12(9)21(20-15)7-5-3-2-4-6-7/h2-6H,1H3,(H2,16,17)(H,18,22)(H,19,23). The first-order chi connectivity index (χ1) is 12.0. The molecule has 0 amide bonds. The molecule has 0 fully saturated rings. The monoisotopic (exact) mass is 356 g/mol. The van der Waals surface area contributed by atoms with Crippen LogP contribution < -0.4 is 16.9 Å². The molecule has 0 saturated carbocycles. The van der Waals surface area contributed by atoms with Gasteiger partial charge in [0, 0.05) is 11.2 Å². The van der Waals surface area contributed by atoms with E-state index < -0.39 is 22.3 Å². The van der Waals surface area contributed by atoms with Gasteiger partial charge < -0.3 is 10.3 Å². The number of nitrogens with one attached hydrogen (secondary N) is 2. The van der Waals surface area contributed by atoms with Gasteiger partial charge in [0.1, 0.15) is 17.2 Å². The van der Waals surface area contributed by atoms with Gasteiger partial charge in [-0.2, -0.15) is 0 Å². The van der Waals surface area contributed by atoms with Crippen LogP contribution in [-0.4, -0.2) is 35.8 Å². The molecule has 25 heavy (non-hydrogen) atoms. The highest BCUT2D eigenvalue weighted by molar-refractivity contribution is 7.90. The van der Waals surface area contributed by atoms with Crippen molar-refractivity contribution in [1.82, 2.24) is 25.0 Å². The zero-order valence-electron chi connectivity index (χ0n) is 12.9. The third-order valence-corrected chi connectivity index (χ3v) is 4.66. The molecule has 3 heterocycles. The second-order valence-corrected chi connectivity index (χ2v) is 6.66. The number of hydrogen-bond acceptors (Lipinski definition) is 6. The summed E-state index contributed by atoms with van der Waals surface area (Å²) in [7, 11) is 0. The van der Waals surface area contributed by atoms with Gasteiger partial charge in [0.05, 0.1) is 16.8 Å². The fraction of sp³-hybridized carbons (Fsp3) is 0.0667. The molecule has 1 unspecified atom stereocenters. The van der Waals surface area contributed by atoms with Crippen molar-refractivity contribution in [3.63, 3.8) is 0 Å². The van der Waals surface area contributed by atoms with Crippen molar-refractivity contribution in [2.75, 3.05) is 12.0 Å². The molecule has 0 aliphatic carbocycles. The summed E-state index contributed by atoms with van der Waals surface area (Å²) < 4.78 is 13.6. The van der Waals surface area contributed by atoms with E-state index in [1.807, 2.05) is 18.2 Å². The third-order valence-electron chi connectivity index (χ3n) is 3.83. The van der Waals surface area contributed by atoms with Crippen LogP contribution >= 0.6 is 0 Å². The molecule has 0 aliphatic heterocycles. The van der Waals surface area contributed by atoms with E-state index in [9.17, 15) is 14.1 Å². The number of rotatable bonds is 2. The lowest BCUT2D eigenvalue weighted by Crippen LogP contribution is -2.21. The molecule has 3 aromatic heterocycles. The summed E-state index contributed by atoms with van der Waals surface area (Å²) in [5.41, 5.74) is 5.85. The Kier molecular flexibility index (Phi) is 3.37. The van der Waals surface area contributed by atoms with Crippen LogP contribution in [0.3, 0.4) is 0 Å². The summed E-state index contributed by atoms with van der Waals surface area (Å²) in [5.74, 6) is 0. The minimum Gasteiger partial charge on any atom is -0.610 e. The van der Waals surface area contributed by atoms with Crippen LogP contribution in [0.2, 0.25) is 0 Å². The number of nitrogens with two attached hydrogens (primary N) is 1. The SMILES string of the molecule is C[S+]([O-])c1nn(-c2ccccc2)c2nc3c(=O)[nH][nH]c(=O)c3c(N)c12. The van der Waals surface area contributed by atoms with Gasteiger partial charge in [0.2, 0.25) is 0 Å². The quantitative estimate of drug-likeness (QED) is 0.439. The third kappa shape index (κ3) is 2.22. The van der Waals surface area contributed by atoms with E-state index in [1.54, 1.807) is 12.1 Å². The van der Waals surface area contributed by atoms with Crippen LogP contribution in [0.5, 0.6) is 0 Å². The Morgan fingerprint density at radius 2 is 1.80 bits per heavy atom. The molecule has 4 N–H and O–H groups in total. The van der Waals surface area contributed by atoms with Crippen molar-refractivity contribution < 1.29 is 4.55 Å². The van der Waals surface area contributed by atoms with Gasteiger partial charge in [-0.15, -0.1) is 5.10 Å². The number of aromatic nitrogens is 5. The lowest BCUT2D eigenvalue weighted by molar-refractivity contribution is 0.596. The summed E-state index contributed by atoms with van der Waals surface area (Å²) >= 11 is -1.47. The molecule has 4 rings (SSSR count). The highest BCUT2D eigenvalue weighted by atomic mass is 32.2. The number of H-pyrrole nitrogens is 2. The molecule has 0 saturated heterocycles. The zero-order valence-corrected chi connectivity index (χ0v) is 13.8. The van der Waals surface area contributed by atoms with E-state index in [0.29, 0.717) is 11.1 Å². The molecule has 10 heteroatoms. The first-order valence-corrected chi connectivity index (χ1v) is 8.76. The number of nitrogen functional groups attached to an aromatic ring is 1. The fourth-order valence-corrected chi connectivity index (χ4v) is 3.41. The van der Waals surface area contributed by atoms with Gasteiger partial charge in [-0.3, -0.25) is 19.8 Å². The molecule has 126 valence electrons. The molecule has 0 radical (unpaired) electrons. The largest absolute Gasteiger partial charge is 0.610 e. The molecular weight excluding hydrogens is 344 g/mol. The number of nitrogens with zero attached hydrogens (tertiary/aromatic N) is 3. The number of benzene rings is 1. The van der Waals surface area contributed by atoms with Gasteiger partial charge in [-0.05, 0) is 12.1 Å². The highest BCUT2D eigenvalue weighted by Crippen LogP contribution is 2.31. The van der Waals surface area contributed by atoms with Crippen molar-refractivity contribution in [2.24, 2.45) is 0 Å². The number of aromatic amines is 2. The Morgan fingerprint density at radius 3 is 2.48 bits per heavy atom. The molecule has 0 bridgehead atoms. The van der Waals surface area contributed by atoms with Crippen LogP contribution in [0.1, 0.15) is 0 Å². The molecule has 0 aliphatic rings. The Labute approximate surface area is 142 Å². The predicted octanol–water partition coefficient (Wildman–Crippen LogP) is 0.270. The summed E-state index contributed by atoms with van der Waals surface area (Å²) in [5, 5.41) is 9.25. The zero-order chi connectivity index (χ0) is 17.7. The summed E-state index contributed by atoms with van der Waals surface area (Å²) in [6.07, 6.45) is 1.46. The molecule has 1 atom stereocenters. The molecule has 0 spiro atoms. The van der Waals surface area contributed by atoms with E-state index in [-0.39, 0.29) is 27.3 Å². The summed E-state index contributed by atoms with van der Waals surface area (Å²) in [6.45, 7) is 0. The van der Waals surface area contributed by atoms with Crippen LogP contribution in [0.25, 0.3) is 27.6 Å². The van der Waals surface area contributed by atoms with Crippen molar-refractivity contribution >= 4 is 38.8 Å². The van der Waals surface area contributed by atoms with Crippen molar-refractivity contribution in [2.45, 2.75) is 5.03 Å². The predicted molar refractivity (Wildman–Crippen MR) is 94.4 cm³/mol. The van der Waals surface area contributed by atoms with E-state index in [4.69, 9.17) is 5.73 Å². The van der Waals surface area contributed by atoms with Gasteiger partial charge in [0.25, 0.3) is 16.1 Å². The van der Waals surface area contributed by atoms with E-state index >= 15 is 0 Å². The average molecular weight is 356 g/mol. The number of anilines is 1. The van der Waals surface area contributed by atoms with Crippen LogP contribution in [-0.2, 0) is 11.2 Å². The average Bonchev–Trinajstić information content (AvgIpc) is 2.99. The summed E-state index contributed by atoms with van der Waals surface area (Å²) in [6, 6.07) is 9.05. The number of hydrogen-bond donors (Lipinski definition) is 3. The van der Waals surface area contributed by atoms with Crippen LogP contribution in [0.4, 0.5) is 5.69 Å². The van der Waals surface area contributed by atoms with Crippen molar-refractivity contribution in [1.29, 1.82) is 0 Å². The van der Waals surface area contributed by atoms with Crippen molar-refractivity contribution in [3.05, 3.63) is 51.0 Å². The van der Waals surface area contributed by atoms with E-state index in [1.165, 1.54) is 10.9 Å². The molecule has 4 aromatic rings. The first-order valence-electron chi connectivity index (χ1n) is 7.20. The molecule has 9 nitrogen and oxygen atoms in total. The fourth-order valence-electron chi connectivity index (χ4n) is 2.72. The molecule has 1 aromatic carbocycles. The van der Waals surface area contributed by atoms with Crippen LogP contribution in [0.15, 0.2) is 44.9 Å². The normalized spacial score (nSPS) is 12.7. The number of fused-ring (bicyclic) bond motifs is 2. The van der Waals surface area contributed by atoms with E-state index in [2.05, 4.69) is 20.3 Å². The minimum absolute atomic E-state index is 0.0275. The second kappa shape index (κ2) is 5.46. The Hall–Kier alpha value is -3.11. The Morgan fingerprint density at radius 1 is 1.12 bits per heavy atom. The maximum atomic E-state index is 12.1. The maximum Gasteiger partial charge on any atom is 0.289 e.